The summed E-state index contributed by atoms with van der Waals surface area (Å²) < 4.78 is 21.1. The molecule has 0 saturated carbocycles. The van der Waals surface area contributed by atoms with Crippen LogP contribution in [0.25, 0.3) is 22.3 Å². The van der Waals surface area contributed by atoms with Crippen molar-refractivity contribution in [3.8, 4) is 11.4 Å². The van der Waals surface area contributed by atoms with E-state index < -0.39 is 17.4 Å². The van der Waals surface area contributed by atoms with Gasteiger partial charge in [0.05, 0.1) is 35.2 Å². The van der Waals surface area contributed by atoms with Crippen LogP contribution in [0.3, 0.4) is 0 Å². The van der Waals surface area contributed by atoms with Gasteiger partial charge in [0.15, 0.2) is 5.60 Å². The monoisotopic (exact) mass is 465 g/mol. The Labute approximate surface area is 194 Å². The van der Waals surface area contributed by atoms with Gasteiger partial charge in [0.2, 0.25) is 0 Å². The molecule has 1 atom stereocenters. The number of fused-ring (bicyclic) bond motifs is 5. The average Bonchev–Trinajstić information content (AvgIpc) is 3.16. The molecular formula is C25H24FN3O5. The SMILES string of the molecule is CC[C@@]1(O)C(=O)OCc2c1cc1n(c2=O)Cc2c-1nc1cc(F)c(C)cc1c2/C=N/OC(C)C. The summed E-state index contributed by atoms with van der Waals surface area (Å²) in [6.45, 7) is 7.02. The minimum Gasteiger partial charge on any atom is -0.458 e. The smallest absolute Gasteiger partial charge is 0.343 e. The third-order valence-electron chi connectivity index (χ3n) is 6.47. The van der Waals surface area contributed by atoms with Crippen molar-refractivity contribution in [2.75, 3.05) is 0 Å². The molecule has 0 saturated heterocycles. The van der Waals surface area contributed by atoms with Gasteiger partial charge in [-0.05, 0) is 44.9 Å². The van der Waals surface area contributed by atoms with Crippen LogP contribution in [0.4, 0.5) is 4.39 Å². The first kappa shape index (κ1) is 22.2. The van der Waals surface area contributed by atoms with Crippen LogP contribution < -0.4 is 5.56 Å². The Morgan fingerprint density at radius 1 is 1.32 bits per heavy atom. The zero-order chi connectivity index (χ0) is 24.4. The first-order chi connectivity index (χ1) is 16.2. The Morgan fingerprint density at radius 2 is 2.09 bits per heavy atom. The predicted molar refractivity (Wildman–Crippen MR) is 123 cm³/mol. The van der Waals surface area contributed by atoms with E-state index in [4.69, 9.17) is 9.57 Å². The van der Waals surface area contributed by atoms with Crippen molar-refractivity contribution in [1.29, 1.82) is 0 Å². The Balaban J connectivity index is 1.80. The maximum atomic E-state index is 14.4. The van der Waals surface area contributed by atoms with Gasteiger partial charge in [-0.3, -0.25) is 4.79 Å². The van der Waals surface area contributed by atoms with Crippen molar-refractivity contribution in [2.45, 2.75) is 59.0 Å². The second-order valence-electron chi connectivity index (χ2n) is 8.96. The molecule has 34 heavy (non-hydrogen) atoms. The number of nitrogens with zero attached hydrogens (tertiary/aromatic N) is 3. The Hall–Kier alpha value is -3.59. The van der Waals surface area contributed by atoms with Gasteiger partial charge in [-0.2, -0.15) is 0 Å². The molecule has 0 radical (unpaired) electrons. The van der Waals surface area contributed by atoms with E-state index in [-0.39, 0.29) is 42.4 Å². The fourth-order valence-corrected chi connectivity index (χ4v) is 4.59. The highest BCUT2D eigenvalue weighted by Gasteiger charge is 2.45. The summed E-state index contributed by atoms with van der Waals surface area (Å²) in [4.78, 5) is 35.8. The molecule has 176 valence electrons. The van der Waals surface area contributed by atoms with Crippen LogP contribution in [0.2, 0.25) is 0 Å². The van der Waals surface area contributed by atoms with Crippen molar-refractivity contribution in [3.63, 3.8) is 0 Å². The molecule has 3 aromatic rings. The number of aliphatic hydroxyl groups is 1. The van der Waals surface area contributed by atoms with E-state index in [1.54, 1.807) is 32.2 Å². The Bertz CT molecular complexity index is 1460. The molecule has 8 nitrogen and oxygen atoms in total. The summed E-state index contributed by atoms with van der Waals surface area (Å²) in [6, 6.07) is 4.68. The van der Waals surface area contributed by atoms with E-state index in [2.05, 4.69) is 10.1 Å². The number of benzene rings is 1. The van der Waals surface area contributed by atoms with Crippen LogP contribution in [0.5, 0.6) is 0 Å². The van der Waals surface area contributed by atoms with Crippen LogP contribution in [0, 0.1) is 12.7 Å². The molecule has 0 unspecified atom stereocenters. The summed E-state index contributed by atoms with van der Waals surface area (Å²) in [5.41, 5.74) is 1.36. The highest BCUT2D eigenvalue weighted by Crippen LogP contribution is 2.40. The molecule has 5 rings (SSSR count). The largest absolute Gasteiger partial charge is 0.458 e. The molecule has 4 heterocycles. The number of pyridine rings is 2. The topological polar surface area (TPSA) is 103 Å². The number of hydrogen-bond acceptors (Lipinski definition) is 7. The minimum absolute atomic E-state index is 0.0503. The molecule has 2 aromatic heterocycles. The number of cyclic esters (lactones) is 1. The third kappa shape index (κ3) is 3.14. The molecular weight excluding hydrogens is 441 g/mol. The van der Waals surface area contributed by atoms with Gasteiger partial charge >= 0.3 is 5.97 Å². The number of carbonyl (C=O) groups is 1. The number of ether oxygens (including phenoxy) is 1. The number of carbonyl (C=O) groups excluding carboxylic acids is 1. The maximum absolute atomic E-state index is 14.4. The molecule has 0 bridgehead atoms. The van der Waals surface area contributed by atoms with Crippen molar-refractivity contribution in [2.24, 2.45) is 5.16 Å². The van der Waals surface area contributed by atoms with Gasteiger partial charge in [-0.25, -0.2) is 14.2 Å². The molecule has 1 N–H and O–H groups in total. The number of esters is 1. The van der Waals surface area contributed by atoms with E-state index in [9.17, 15) is 19.1 Å². The van der Waals surface area contributed by atoms with Crippen LogP contribution >= 0.6 is 0 Å². The average molecular weight is 465 g/mol. The van der Waals surface area contributed by atoms with Gasteiger partial charge in [0.25, 0.3) is 5.56 Å². The standard InChI is InChI=1S/C25H24FN3O5/c1-5-25(32)18-7-21-22-16(10-29(21)23(30)17(18)11-33-24(25)31)15(9-27-34-12(2)3)14-6-13(4)19(26)8-20(14)28-22/h6-9,12,32H,5,10-11H2,1-4H3/b27-9+/t25-/m0/s1. The number of halogens is 1. The Morgan fingerprint density at radius 3 is 2.79 bits per heavy atom. The number of aromatic nitrogens is 2. The van der Waals surface area contributed by atoms with Crippen LogP contribution in [-0.2, 0) is 33.1 Å². The lowest BCUT2D eigenvalue weighted by Gasteiger charge is -2.31. The van der Waals surface area contributed by atoms with Crippen molar-refractivity contribution in [1.82, 2.24) is 9.55 Å². The Kier molecular flexibility index (Phi) is 5.05. The van der Waals surface area contributed by atoms with Crippen molar-refractivity contribution in [3.05, 3.63) is 62.2 Å². The first-order valence-corrected chi connectivity index (χ1v) is 11.1. The molecule has 9 heteroatoms. The number of aryl methyl sites for hydroxylation is 1. The molecule has 2 aliphatic heterocycles. The summed E-state index contributed by atoms with van der Waals surface area (Å²) >= 11 is 0. The van der Waals surface area contributed by atoms with Crippen LogP contribution in [0.1, 0.15) is 55.0 Å². The maximum Gasteiger partial charge on any atom is 0.343 e. The van der Waals surface area contributed by atoms with E-state index in [1.807, 2.05) is 13.8 Å². The van der Waals surface area contributed by atoms with Gasteiger partial charge in [-0.1, -0.05) is 12.1 Å². The van der Waals surface area contributed by atoms with Crippen LogP contribution in [-0.4, -0.2) is 32.9 Å². The lowest BCUT2D eigenvalue weighted by molar-refractivity contribution is -0.172. The summed E-state index contributed by atoms with van der Waals surface area (Å²) in [5, 5.41) is 15.8. The first-order valence-electron chi connectivity index (χ1n) is 11.1. The molecule has 0 spiro atoms. The number of oxime groups is 1. The fourth-order valence-electron chi connectivity index (χ4n) is 4.59. The number of rotatable bonds is 4. The zero-order valence-corrected chi connectivity index (χ0v) is 19.3. The molecule has 1 aromatic carbocycles. The van der Waals surface area contributed by atoms with E-state index in [1.165, 1.54) is 10.6 Å². The highest BCUT2D eigenvalue weighted by atomic mass is 19.1. The molecule has 2 aliphatic rings. The zero-order valence-electron chi connectivity index (χ0n) is 19.3. The third-order valence-corrected chi connectivity index (χ3v) is 6.47. The van der Waals surface area contributed by atoms with Gasteiger partial charge in [-0.15, -0.1) is 0 Å². The quantitative estimate of drug-likeness (QED) is 0.282. The fraction of sp³-hybridized carbons (Fsp3) is 0.360. The minimum atomic E-state index is -1.92. The normalized spacial score (nSPS) is 18.9. The van der Waals surface area contributed by atoms with Gasteiger partial charge < -0.3 is 19.2 Å². The summed E-state index contributed by atoms with van der Waals surface area (Å²) in [6.07, 6.45) is 1.48. The second-order valence-corrected chi connectivity index (χ2v) is 8.96. The van der Waals surface area contributed by atoms with Crippen molar-refractivity contribution >= 4 is 23.1 Å². The molecule has 0 fully saturated rings. The highest BCUT2D eigenvalue weighted by molar-refractivity contribution is 6.02. The summed E-state index contributed by atoms with van der Waals surface area (Å²) in [7, 11) is 0. The lowest BCUT2D eigenvalue weighted by Crippen LogP contribution is -2.44. The van der Waals surface area contributed by atoms with Gasteiger partial charge in [0.1, 0.15) is 18.5 Å². The van der Waals surface area contributed by atoms with E-state index in [0.717, 1.165) is 5.56 Å². The molecule has 0 amide bonds. The van der Waals surface area contributed by atoms with Gasteiger partial charge in [0, 0.05) is 28.1 Å². The van der Waals surface area contributed by atoms with E-state index in [0.29, 0.717) is 33.4 Å². The molecule has 0 aliphatic carbocycles. The lowest BCUT2D eigenvalue weighted by atomic mass is 9.86. The van der Waals surface area contributed by atoms with Crippen LogP contribution in [0.15, 0.2) is 28.1 Å². The predicted octanol–water partition coefficient (Wildman–Crippen LogP) is 3.29. The number of hydrogen-bond donors (Lipinski definition) is 1. The summed E-state index contributed by atoms with van der Waals surface area (Å²) in [5.74, 6) is -1.18. The van der Waals surface area contributed by atoms with Crippen molar-refractivity contribution < 1.29 is 23.9 Å². The van der Waals surface area contributed by atoms with E-state index >= 15 is 0 Å². The second kappa shape index (κ2) is 7.73.